The summed E-state index contributed by atoms with van der Waals surface area (Å²) in [6, 6.07) is 18.7. The monoisotopic (exact) mass is 529 g/mol. The predicted molar refractivity (Wildman–Crippen MR) is 141 cm³/mol. The van der Waals surface area contributed by atoms with Crippen LogP contribution in [0.25, 0.3) is 0 Å². The number of ether oxygens (including phenoxy) is 2. The molecule has 4 rings (SSSR count). The molecule has 0 radical (unpaired) electrons. The molecule has 3 aromatic carbocycles. The summed E-state index contributed by atoms with van der Waals surface area (Å²) in [5.74, 6) is 0.742. The van der Waals surface area contributed by atoms with E-state index in [1.165, 1.54) is 16.4 Å². The van der Waals surface area contributed by atoms with E-state index >= 15 is 0 Å². The van der Waals surface area contributed by atoms with Crippen LogP contribution in [0, 0.1) is 0 Å². The molecule has 36 heavy (non-hydrogen) atoms. The second kappa shape index (κ2) is 11.2. The van der Waals surface area contributed by atoms with Gasteiger partial charge in [0.25, 0.3) is 5.91 Å². The lowest BCUT2D eigenvalue weighted by Crippen LogP contribution is -2.48. The molecule has 3 aromatic rings. The summed E-state index contributed by atoms with van der Waals surface area (Å²) in [5, 5.41) is 3.20. The van der Waals surface area contributed by atoms with E-state index < -0.39 is 15.9 Å². The van der Waals surface area contributed by atoms with E-state index in [9.17, 15) is 13.2 Å². The summed E-state index contributed by atoms with van der Waals surface area (Å²) in [5.41, 5.74) is 1.65. The van der Waals surface area contributed by atoms with Gasteiger partial charge in [-0.2, -0.15) is 4.31 Å². The maximum absolute atomic E-state index is 13.5. The molecule has 190 valence electrons. The zero-order valence-corrected chi connectivity index (χ0v) is 21.7. The molecule has 8 nitrogen and oxygen atoms in total. The predicted octanol–water partition coefficient (Wildman–Crippen LogP) is 4.51. The van der Waals surface area contributed by atoms with E-state index in [2.05, 4.69) is 10.2 Å². The summed E-state index contributed by atoms with van der Waals surface area (Å²) >= 11 is 6.01. The minimum Gasteiger partial charge on any atom is -0.497 e. The number of halogens is 1. The van der Waals surface area contributed by atoms with Gasteiger partial charge in [-0.1, -0.05) is 17.7 Å². The third-order valence-electron chi connectivity index (χ3n) is 5.90. The molecule has 1 N–H and O–H groups in total. The van der Waals surface area contributed by atoms with E-state index in [1.54, 1.807) is 37.4 Å². The van der Waals surface area contributed by atoms with Crippen molar-refractivity contribution in [3.63, 3.8) is 0 Å². The van der Waals surface area contributed by atoms with Crippen molar-refractivity contribution in [2.75, 3.05) is 50.1 Å². The largest absolute Gasteiger partial charge is 0.497 e. The normalized spacial score (nSPS) is 14.4. The number of benzene rings is 3. The Bertz CT molecular complexity index is 1320. The fraction of sp³-hybridized carbons (Fsp3) is 0.269. The van der Waals surface area contributed by atoms with Gasteiger partial charge in [0, 0.05) is 42.5 Å². The van der Waals surface area contributed by atoms with Gasteiger partial charge in [-0.3, -0.25) is 4.79 Å². The van der Waals surface area contributed by atoms with Gasteiger partial charge in [0.2, 0.25) is 10.0 Å². The highest BCUT2D eigenvalue weighted by atomic mass is 35.5. The van der Waals surface area contributed by atoms with Crippen molar-refractivity contribution in [2.24, 2.45) is 0 Å². The first-order chi connectivity index (χ1) is 17.3. The Morgan fingerprint density at radius 2 is 1.72 bits per heavy atom. The second-order valence-electron chi connectivity index (χ2n) is 8.14. The quantitative estimate of drug-likeness (QED) is 0.462. The Labute approximate surface area is 216 Å². The zero-order chi connectivity index (χ0) is 25.7. The summed E-state index contributed by atoms with van der Waals surface area (Å²) < 4.78 is 39.2. The van der Waals surface area contributed by atoms with Crippen LogP contribution in [0.1, 0.15) is 17.3 Å². The second-order valence-corrected chi connectivity index (χ2v) is 10.5. The molecule has 0 atom stereocenters. The molecule has 1 aliphatic heterocycles. The highest BCUT2D eigenvalue weighted by Gasteiger charge is 2.29. The zero-order valence-electron chi connectivity index (χ0n) is 20.1. The van der Waals surface area contributed by atoms with Crippen LogP contribution in [0.4, 0.5) is 11.4 Å². The fourth-order valence-corrected chi connectivity index (χ4v) is 5.64. The number of anilines is 2. The van der Waals surface area contributed by atoms with Gasteiger partial charge >= 0.3 is 0 Å². The Kier molecular flexibility index (Phi) is 8.03. The molecule has 0 unspecified atom stereocenters. The highest BCUT2D eigenvalue weighted by Crippen LogP contribution is 2.31. The molecule has 1 fully saturated rings. The van der Waals surface area contributed by atoms with E-state index in [0.29, 0.717) is 49.1 Å². The lowest BCUT2D eigenvalue weighted by atomic mass is 10.2. The molecule has 0 bridgehead atoms. The molecule has 0 aliphatic carbocycles. The van der Waals surface area contributed by atoms with Gasteiger partial charge in [-0.05, 0) is 67.6 Å². The number of hydrogen-bond acceptors (Lipinski definition) is 6. The Morgan fingerprint density at radius 1 is 1.00 bits per heavy atom. The number of hydrogen-bond donors (Lipinski definition) is 1. The fourth-order valence-electron chi connectivity index (χ4n) is 4.00. The van der Waals surface area contributed by atoms with Crippen LogP contribution in [0.5, 0.6) is 11.5 Å². The van der Waals surface area contributed by atoms with E-state index in [1.807, 2.05) is 31.2 Å². The van der Waals surface area contributed by atoms with Crippen molar-refractivity contribution < 1.29 is 22.7 Å². The number of amides is 1. The molecule has 10 heteroatoms. The van der Waals surface area contributed by atoms with E-state index in [0.717, 1.165) is 11.4 Å². The van der Waals surface area contributed by atoms with Gasteiger partial charge in [0.15, 0.2) is 0 Å². The van der Waals surface area contributed by atoms with Crippen LogP contribution < -0.4 is 19.7 Å². The molecule has 0 spiro atoms. The molecular weight excluding hydrogens is 502 g/mol. The molecule has 0 saturated carbocycles. The Morgan fingerprint density at radius 3 is 2.36 bits per heavy atom. The molecule has 1 amide bonds. The third-order valence-corrected chi connectivity index (χ3v) is 8.03. The molecule has 0 aromatic heterocycles. The van der Waals surface area contributed by atoms with Crippen molar-refractivity contribution in [1.82, 2.24) is 4.31 Å². The highest BCUT2D eigenvalue weighted by molar-refractivity contribution is 7.89. The first-order valence-electron chi connectivity index (χ1n) is 11.5. The third kappa shape index (κ3) is 5.75. The summed E-state index contributed by atoms with van der Waals surface area (Å²) in [6.07, 6.45) is 0. The van der Waals surface area contributed by atoms with Crippen LogP contribution in [0.15, 0.2) is 71.6 Å². The molecule has 1 aliphatic rings. The number of carbonyl (C=O) groups is 1. The summed E-state index contributed by atoms with van der Waals surface area (Å²) in [7, 11) is -2.16. The number of methoxy groups -OCH3 is 1. The molecular formula is C26H28ClN3O5S. The van der Waals surface area contributed by atoms with Crippen LogP contribution in [0.3, 0.4) is 0 Å². The molecule has 1 saturated heterocycles. The minimum atomic E-state index is -3.78. The first-order valence-corrected chi connectivity index (χ1v) is 13.4. The van der Waals surface area contributed by atoms with Crippen molar-refractivity contribution in [3.05, 3.63) is 77.3 Å². The number of piperazine rings is 1. The van der Waals surface area contributed by atoms with Crippen molar-refractivity contribution in [2.45, 2.75) is 11.8 Å². The number of carbonyl (C=O) groups excluding carboxylic acids is 1. The number of nitrogens with one attached hydrogen (secondary N) is 1. The standard InChI is InChI=1S/C26H28ClN3O5S/c1-3-35-25-12-11-23(18-24(25)28-26(31)19-5-4-6-20(27)17-19)36(32,33)30-15-13-29(14-16-30)21-7-9-22(34-2)10-8-21/h4-12,17-18H,3,13-16H2,1-2H3,(H,28,31). The lowest BCUT2D eigenvalue weighted by molar-refractivity contribution is 0.102. The van der Waals surface area contributed by atoms with Gasteiger partial charge in [0.05, 0.1) is 24.3 Å². The average Bonchev–Trinajstić information content (AvgIpc) is 2.90. The van der Waals surface area contributed by atoms with Gasteiger partial charge in [0.1, 0.15) is 11.5 Å². The smallest absolute Gasteiger partial charge is 0.255 e. The molecule has 1 heterocycles. The number of rotatable bonds is 8. The van der Waals surface area contributed by atoms with Gasteiger partial charge in [-0.15, -0.1) is 0 Å². The van der Waals surface area contributed by atoms with Gasteiger partial charge < -0.3 is 19.7 Å². The van der Waals surface area contributed by atoms with Crippen LogP contribution >= 0.6 is 11.6 Å². The van der Waals surface area contributed by atoms with Gasteiger partial charge in [-0.25, -0.2) is 8.42 Å². The minimum absolute atomic E-state index is 0.0882. The van der Waals surface area contributed by atoms with Crippen LogP contribution in [-0.4, -0.2) is 58.5 Å². The topological polar surface area (TPSA) is 88.2 Å². The average molecular weight is 530 g/mol. The summed E-state index contributed by atoms with van der Waals surface area (Å²) in [6.45, 7) is 3.97. The van der Waals surface area contributed by atoms with Crippen molar-refractivity contribution in [3.8, 4) is 11.5 Å². The van der Waals surface area contributed by atoms with Crippen molar-refractivity contribution >= 4 is 38.9 Å². The Hall–Kier alpha value is -3.27. The maximum atomic E-state index is 13.5. The Balaban J connectivity index is 1.52. The SMILES string of the molecule is CCOc1ccc(S(=O)(=O)N2CCN(c3ccc(OC)cc3)CC2)cc1NC(=O)c1cccc(Cl)c1. The number of sulfonamides is 1. The summed E-state index contributed by atoms with van der Waals surface area (Å²) in [4.78, 5) is 15.0. The van der Waals surface area contributed by atoms with Crippen LogP contribution in [0.2, 0.25) is 5.02 Å². The maximum Gasteiger partial charge on any atom is 0.255 e. The van der Waals surface area contributed by atoms with E-state index in [4.69, 9.17) is 21.1 Å². The first kappa shape index (κ1) is 25.8. The number of nitrogens with zero attached hydrogens (tertiary/aromatic N) is 2. The van der Waals surface area contributed by atoms with Crippen molar-refractivity contribution in [1.29, 1.82) is 0 Å². The van der Waals surface area contributed by atoms with Crippen LogP contribution in [-0.2, 0) is 10.0 Å². The lowest BCUT2D eigenvalue weighted by Gasteiger charge is -2.35. The van der Waals surface area contributed by atoms with E-state index in [-0.39, 0.29) is 10.6 Å².